The molecule has 1 aliphatic rings. The van der Waals surface area contributed by atoms with Gasteiger partial charge in [-0.05, 0) is 42.5 Å². The number of rotatable bonds is 6. The van der Waals surface area contributed by atoms with E-state index in [0.29, 0.717) is 28.8 Å². The first kappa shape index (κ1) is 22.5. The highest BCUT2D eigenvalue weighted by Crippen LogP contribution is 2.39. The minimum absolute atomic E-state index is 0.109. The Kier molecular flexibility index (Phi) is 6.59. The first-order valence-electron chi connectivity index (χ1n) is 10.5. The van der Waals surface area contributed by atoms with E-state index >= 15 is 0 Å². The standard InChI is InChI=1S/C24H19F2N5OS2/c25-17-5-7-18(8-6-17)31-22(16-9-11-27-12-10-16)28-29-24(31)34-15-21(32)30-13-14-33-23(30)19-3-1-2-4-20(19)26/h1-12,23H,13-15H2/t23-/m0/s1. The highest BCUT2D eigenvalue weighted by atomic mass is 32.2. The molecule has 0 unspecified atom stereocenters. The summed E-state index contributed by atoms with van der Waals surface area (Å²) in [6, 6.07) is 16.2. The molecule has 1 aliphatic heterocycles. The van der Waals surface area contributed by atoms with Crippen molar-refractivity contribution in [1.29, 1.82) is 0 Å². The summed E-state index contributed by atoms with van der Waals surface area (Å²) >= 11 is 2.80. The molecule has 0 radical (unpaired) electrons. The maximum atomic E-state index is 14.4. The fourth-order valence-electron chi connectivity index (χ4n) is 3.74. The number of benzene rings is 2. The molecule has 3 heterocycles. The van der Waals surface area contributed by atoms with E-state index in [1.54, 1.807) is 64.0 Å². The van der Waals surface area contributed by atoms with E-state index in [2.05, 4.69) is 15.2 Å². The third-order valence-electron chi connectivity index (χ3n) is 5.36. The Labute approximate surface area is 203 Å². The molecule has 172 valence electrons. The smallest absolute Gasteiger partial charge is 0.234 e. The minimum Gasteiger partial charge on any atom is -0.325 e. The van der Waals surface area contributed by atoms with Crippen LogP contribution in [-0.4, -0.2) is 48.6 Å². The number of pyridine rings is 1. The molecule has 2 aromatic heterocycles. The van der Waals surface area contributed by atoms with Crippen molar-refractivity contribution in [2.24, 2.45) is 0 Å². The summed E-state index contributed by atoms with van der Waals surface area (Å²) in [5.41, 5.74) is 1.98. The van der Waals surface area contributed by atoms with E-state index < -0.39 is 0 Å². The van der Waals surface area contributed by atoms with E-state index in [1.165, 1.54) is 30.0 Å². The molecular formula is C24H19F2N5OS2. The number of aromatic nitrogens is 4. The molecule has 10 heteroatoms. The molecule has 0 bridgehead atoms. The van der Waals surface area contributed by atoms with Crippen LogP contribution in [0.4, 0.5) is 8.78 Å². The van der Waals surface area contributed by atoms with Crippen LogP contribution in [0.15, 0.2) is 78.2 Å². The van der Waals surface area contributed by atoms with Gasteiger partial charge in [0.2, 0.25) is 5.91 Å². The lowest BCUT2D eigenvalue weighted by Gasteiger charge is -2.24. The van der Waals surface area contributed by atoms with Gasteiger partial charge in [-0.15, -0.1) is 22.0 Å². The Hall–Kier alpha value is -3.24. The van der Waals surface area contributed by atoms with Gasteiger partial charge in [-0.1, -0.05) is 30.0 Å². The largest absolute Gasteiger partial charge is 0.325 e. The second-order valence-electron chi connectivity index (χ2n) is 7.47. The summed E-state index contributed by atoms with van der Waals surface area (Å²) < 4.78 is 29.7. The SMILES string of the molecule is O=C(CSc1nnc(-c2ccncc2)n1-c1ccc(F)cc1)N1CCS[C@H]1c1ccccc1F. The van der Waals surface area contributed by atoms with Gasteiger partial charge in [-0.3, -0.25) is 14.3 Å². The Balaban J connectivity index is 1.40. The molecule has 34 heavy (non-hydrogen) atoms. The lowest BCUT2D eigenvalue weighted by molar-refractivity contribution is -0.128. The van der Waals surface area contributed by atoms with Gasteiger partial charge < -0.3 is 4.90 Å². The number of carbonyl (C=O) groups is 1. The molecule has 2 aromatic carbocycles. The number of carbonyl (C=O) groups excluding carboxylic acids is 1. The van der Waals surface area contributed by atoms with Gasteiger partial charge in [-0.2, -0.15) is 0 Å². The molecule has 0 aliphatic carbocycles. The predicted molar refractivity (Wildman–Crippen MR) is 129 cm³/mol. The molecule has 0 N–H and O–H groups in total. The molecule has 4 aromatic rings. The third-order valence-corrected chi connectivity index (χ3v) is 7.52. The maximum absolute atomic E-state index is 14.4. The summed E-state index contributed by atoms with van der Waals surface area (Å²) in [6.07, 6.45) is 3.31. The highest BCUT2D eigenvalue weighted by Gasteiger charge is 2.32. The third kappa shape index (κ3) is 4.55. The molecular weight excluding hydrogens is 476 g/mol. The molecule has 1 fully saturated rings. The van der Waals surface area contributed by atoms with Crippen LogP contribution in [0.5, 0.6) is 0 Å². The number of amides is 1. The fourth-order valence-corrected chi connectivity index (χ4v) is 5.88. The highest BCUT2D eigenvalue weighted by molar-refractivity contribution is 8.00. The van der Waals surface area contributed by atoms with Crippen molar-refractivity contribution >= 4 is 29.4 Å². The molecule has 0 spiro atoms. The van der Waals surface area contributed by atoms with Crippen molar-refractivity contribution in [3.8, 4) is 17.1 Å². The monoisotopic (exact) mass is 495 g/mol. The zero-order valence-corrected chi connectivity index (χ0v) is 19.5. The van der Waals surface area contributed by atoms with E-state index in [9.17, 15) is 13.6 Å². The van der Waals surface area contributed by atoms with Gasteiger partial charge in [0.25, 0.3) is 0 Å². The summed E-state index contributed by atoms with van der Waals surface area (Å²) in [7, 11) is 0. The zero-order chi connectivity index (χ0) is 23.5. The minimum atomic E-state index is -0.350. The van der Waals surface area contributed by atoms with Crippen LogP contribution in [0.25, 0.3) is 17.1 Å². The second-order valence-corrected chi connectivity index (χ2v) is 9.60. The van der Waals surface area contributed by atoms with Gasteiger partial charge in [0, 0.05) is 41.5 Å². The lowest BCUT2D eigenvalue weighted by Crippen LogP contribution is -2.32. The summed E-state index contributed by atoms with van der Waals surface area (Å²) in [4.78, 5) is 18.9. The van der Waals surface area contributed by atoms with Crippen molar-refractivity contribution in [1.82, 2.24) is 24.6 Å². The summed E-state index contributed by atoms with van der Waals surface area (Å²) in [6.45, 7) is 0.552. The molecule has 5 rings (SSSR count). The van der Waals surface area contributed by atoms with Crippen LogP contribution < -0.4 is 0 Å². The van der Waals surface area contributed by atoms with Crippen molar-refractivity contribution in [2.45, 2.75) is 10.5 Å². The van der Waals surface area contributed by atoms with Crippen LogP contribution in [0, 0.1) is 11.6 Å². The zero-order valence-electron chi connectivity index (χ0n) is 17.8. The summed E-state index contributed by atoms with van der Waals surface area (Å²) in [5.74, 6) is 0.643. The maximum Gasteiger partial charge on any atom is 0.234 e. The Bertz CT molecular complexity index is 1300. The average molecular weight is 496 g/mol. The van der Waals surface area contributed by atoms with Crippen molar-refractivity contribution < 1.29 is 13.6 Å². The van der Waals surface area contributed by atoms with Crippen LogP contribution in [0.1, 0.15) is 10.9 Å². The Morgan fingerprint density at radius 3 is 2.56 bits per heavy atom. The van der Waals surface area contributed by atoms with Crippen LogP contribution in [-0.2, 0) is 4.79 Å². The van der Waals surface area contributed by atoms with Crippen LogP contribution in [0.2, 0.25) is 0 Å². The Morgan fingerprint density at radius 1 is 1.03 bits per heavy atom. The molecule has 1 saturated heterocycles. The molecule has 1 atom stereocenters. The van der Waals surface area contributed by atoms with Crippen molar-refractivity contribution in [3.05, 3.63) is 90.3 Å². The van der Waals surface area contributed by atoms with E-state index in [4.69, 9.17) is 0 Å². The van der Waals surface area contributed by atoms with Crippen molar-refractivity contribution in [3.63, 3.8) is 0 Å². The van der Waals surface area contributed by atoms with Crippen molar-refractivity contribution in [2.75, 3.05) is 18.1 Å². The molecule has 6 nitrogen and oxygen atoms in total. The number of hydrogen-bond donors (Lipinski definition) is 0. The fraction of sp³-hybridized carbons (Fsp3) is 0.167. The van der Waals surface area contributed by atoms with E-state index in [1.807, 2.05) is 12.1 Å². The Morgan fingerprint density at radius 2 is 1.79 bits per heavy atom. The molecule has 0 saturated carbocycles. The number of nitrogens with zero attached hydrogens (tertiary/aromatic N) is 5. The van der Waals surface area contributed by atoms with Gasteiger partial charge in [-0.25, -0.2) is 8.78 Å². The van der Waals surface area contributed by atoms with Gasteiger partial charge in [0.1, 0.15) is 17.0 Å². The van der Waals surface area contributed by atoms with Crippen LogP contribution >= 0.6 is 23.5 Å². The van der Waals surface area contributed by atoms with E-state index in [0.717, 1.165) is 11.3 Å². The number of hydrogen-bond acceptors (Lipinski definition) is 6. The van der Waals surface area contributed by atoms with Crippen LogP contribution in [0.3, 0.4) is 0 Å². The summed E-state index contributed by atoms with van der Waals surface area (Å²) in [5, 5.41) is 8.78. The number of halogens is 2. The molecule has 1 amide bonds. The van der Waals surface area contributed by atoms with E-state index in [-0.39, 0.29) is 28.7 Å². The second kappa shape index (κ2) is 9.94. The van der Waals surface area contributed by atoms with Gasteiger partial charge in [0.05, 0.1) is 5.75 Å². The lowest BCUT2D eigenvalue weighted by atomic mass is 10.2. The topological polar surface area (TPSA) is 63.9 Å². The van der Waals surface area contributed by atoms with Gasteiger partial charge >= 0.3 is 0 Å². The normalized spacial score (nSPS) is 15.6. The predicted octanol–water partition coefficient (Wildman–Crippen LogP) is 4.97. The quantitative estimate of drug-likeness (QED) is 0.352. The first-order valence-corrected chi connectivity index (χ1v) is 12.6. The van der Waals surface area contributed by atoms with Gasteiger partial charge in [0.15, 0.2) is 11.0 Å². The number of thioether (sulfide) groups is 2. The average Bonchev–Trinajstić information content (AvgIpc) is 3.52. The first-order chi connectivity index (χ1) is 16.6.